The van der Waals surface area contributed by atoms with Crippen molar-refractivity contribution >= 4 is 17.6 Å². The molecule has 1 heterocycles. The van der Waals surface area contributed by atoms with Crippen molar-refractivity contribution in [1.82, 2.24) is 20.6 Å². The van der Waals surface area contributed by atoms with Crippen LogP contribution in [0.4, 0.5) is 0 Å². The van der Waals surface area contributed by atoms with Crippen LogP contribution in [-0.4, -0.2) is 41.2 Å². The molecule has 1 aromatic heterocycles. The third kappa shape index (κ3) is 7.08. The van der Waals surface area contributed by atoms with Crippen molar-refractivity contribution in [2.45, 2.75) is 51.9 Å². The Hall–Kier alpha value is -2.18. The number of aromatic nitrogens is 2. The number of aromatic amines is 1. The second-order valence-corrected chi connectivity index (χ2v) is 5.41. The van der Waals surface area contributed by atoms with Gasteiger partial charge in [-0.3, -0.25) is 14.4 Å². The maximum atomic E-state index is 11.9. The summed E-state index contributed by atoms with van der Waals surface area (Å²) in [4.78, 5) is 41.5. The zero-order valence-electron chi connectivity index (χ0n) is 13.9. The van der Waals surface area contributed by atoms with Crippen LogP contribution in [0.25, 0.3) is 0 Å². The molecule has 128 valence electrons. The molecule has 23 heavy (non-hydrogen) atoms. The molecule has 0 radical (unpaired) electrons. The Balaban J connectivity index is 2.35. The summed E-state index contributed by atoms with van der Waals surface area (Å²) in [6.07, 6.45) is 7.15. The highest BCUT2D eigenvalue weighted by Crippen LogP contribution is 2.04. The number of nitrogens with zero attached hydrogens (tertiary/aromatic N) is 1. The highest BCUT2D eigenvalue weighted by Gasteiger charge is 2.15. The second-order valence-electron chi connectivity index (χ2n) is 5.41. The fourth-order valence-corrected chi connectivity index (χ4v) is 2.08. The Bertz CT molecular complexity index is 525. The van der Waals surface area contributed by atoms with Gasteiger partial charge in [0.25, 0.3) is 5.91 Å². The minimum absolute atomic E-state index is 0.0837. The van der Waals surface area contributed by atoms with Crippen LogP contribution >= 0.6 is 0 Å². The molecule has 2 amide bonds. The van der Waals surface area contributed by atoms with Gasteiger partial charge >= 0.3 is 0 Å². The molecule has 0 saturated heterocycles. The molecule has 0 aliphatic heterocycles. The van der Waals surface area contributed by atoms with Gasteiger partial charge in [-0.25, -0.2) is 4.98 Å². The first-order valence-corrected chi connectivity index (χ1v) is 8.15. The number of ketones is 1. The number of carbonyl (C=O) groups is 3. The number of carbonyl (C=O) groups excluding carboxylic acids is 3. The molecule has 0 spiro atoms. The van der Waals surface area contributed by atoms with Crippen LogP contribution < -0.4 is 10.6 Å². The van der Waals surface area contributed by atoms with Gasteiger partial charge in [-0.15, -0.1) is 0 Å². The van der Waals surface area contributed by atoms with Crippen LogP contribution in [0.1, 0.15) is 73.0 Å². The van der Waals surface area contributed by atoms with Gasteiger partial charge in [0.2, 0.25) is 5.91 Å². The van der Waals surface area contributed by atoms with Gasteiger partial charge < -0.3 is 15.6 Å². The van der Waals surface area contributed by atoms with Crippen molar-refractivity contribution in [2.24, 2.45) is 0 Å². The van der Waals surface area contributed by atoms with Crippen molar-refractivity contribution < 1.29 is 14.4 Å². The number of unbranched alkanes of at least 4 members (excludes halogenated alkanes) is 4. The Morgan fingerprint density at radius 1 is 1.13 bits per heavy atom. The molecule has 7 heteroatoms. The maximum Gasteiger partial charge on any atom is 0.287 e. The van der Waals surface area contributed by atoms with E-state index in [1.54, 1.807) is 0 Å². The van der Waals surface area contributed by atoms with Gasteiger partial charge in [-0.1, -0.05) is 32.6 Å². The predicted octanol–water partition coefficient (Wildman–Crippen LogP) is 1.82. The minimum Gasteiger partial charge on any atom is -0.359 e. The van der Waals surface area contributed by atoms with Crippen LogP contribution in [0.15, 0.2) is 6.20 Å². The summed E-state index contributed by atoms with van der Waals surface area (Å²) in [5.41, 5.74) is 0.252. The molecule has 0 fully saturated rings. The molecular formula is C16H26N4O3. The number of imidazole rings is 1. The van der Waals surface area contributed by atoms with Crippen molar-refractivity contribution in [3.05, 3.63) is 17.7 Å². The van der Waals surface area contributed by atoms with E-state index in [0.29, 0.717) is 6.54 Å². The van der Waals surface area contributed by atoms with E-state index in [9.17, 15) is 14.4 Å². The number of nitrogens with one attached hydrogen (secondary N) is 3. The number of hydrogen-bond donors (Lipinski definition) is 3. The summed E-state index contributed by atoms with van der Waals surface area (Å²) < 4.78 is 0. The molecule has 1 aromatic rings. The molecule has 0 bridgehead atoms. The number of rotatable bonds is 11. The standard InChI is InChI=1S/C16H26N4O3/c1-3-4-5-6-7-10-18-16(23)15-19-11-12(20-15)13(21)8-9-14(22)17-2/h11H,3-10H2,1-2H3,(H,17,22)(H,18,23)(H,19,20). The maximum absolute atomic E-state index is 11.9. The molecule has 0 saturated carbocycles. The van der Waals surface area contributed by atoms with Gasteiger partial charge in [0, 0.05) is 26.4 Å². The smallest absolute Gasteiger partial charge is 0.287 e. The van der Waals surface area contributed by atoms with Crippen molar-refractivity contribution in [3.63, 3.8) is 0 Å². The van der Waals surface area contributed by atoms with E-state index in [2.05, 4.69) is 27.5 Å². The number of Topliss-reactive ketones (excluding diaryl/α,β-unsaturated/α-hetero) is 1. The summed E-state index contributed by atoms with van der Waals surface area (Å²) in [5.74, 6) is -0.619. The topological polar surface area (TPSA) is 104 Å². The van der Waals surface area contributed by atoms with Gasteiger partial charge in [0.05, 0.1) is 6.20 Å². The third-order valence-corrected chi connectivity index (χ3v) is 3.52. The average Bonchev–Trinajstić information content (AvgIpc) is 3.05. The van der Waals surface area contributed by atoms with E-state index in [-0.39, 0.29) is 42.0 Å². The highest BCUT2D eigenvalue weighted by molar-refractivity contribution is 5.98. The quantitative estimate of drug-likeness (QED) is 0.427. The van der Waals surface area contributed by atoms with Gasteiger partial charge in [-0.2, -0.15) is 0 Å². The molecular weight excluding hydrogens is 296 g/mol. The molecule has 0 aliphatic rings. The first-order chi connectivity index (χ1) is 11.1. The monoisotopic (exact) mass is 322 g/mol. The molecule has 0 unspecified atom stereocenters. The Kier molecular flexibility index (Phi) is 8.64. The third-order valence-electron chi connectivity index (χ3n) is 3.52. The molecule has 0 aliphatic carbocycles. The van der Waals surface area contributed by atoms with E-state index < -0.39 is 0 Å². The predicted molar refractivity (Wildman–Crippen MR) is 87.3 cm³/mol. The average molecular weight is 322 g/mol. The Labute approximate surface area is 136 Å². The van der Waals surface area contributed by atoms with Crippen molar-refractivity contribution in [3.8, 4) is 0 Å². The van der Waals surface area contributed by atoms with Crippen molar-refractivity contribution in [2.75, 3.05) is 13.6 Å². The molecule has 0 aromatic carbocycles. The SMILES string of the molecule is CCCCCCCNC(=O)c1ncc(C(=O)CCC(=O)NC)[nH]1. The van der Waals surface area contributed by atoms with Crippen LogP contribution in [0.3, 0.4) is 0 Å². The fraction of sp³-hybridized carbons (Fsp3) is 0.625. The van der Waals surface area contributed by atoms with E-state index in [0.717, 1.165) is 12.8 Å². The first-order valence-electron chi connectivity index (χ1n) is 8.15. The van der Waals surface area contributed by atoms with Gasteiger partial charge in [-0.05, 0) is 6.42 Å². The number of H-pyrrole nitrogens is 1. The van der Waals surface area contributed by atoms with Crippen LogP contribution in [0.5, 0.6) is 0 Å². The van der Waals surface area contributed by atoms with E-state index in [1.165, 1.54) is 32.5 Å². The number of amides is 2. The lowest BCUT2D eigenvalue weighted by atomic mass is 10.1. The summed E-state index contributed by atoms with van der Waals surface area (Å²) in [6.45, 7) is 2.76. The molecule has 1 rings (SSSR count). The van der Waals surface area contributed by atoms with E-state index in [1.807, 2.05) is 0 Å². The van der Waals surface area contributed by atoms with Gasteiger partial charge in [0.15, 0.2) is 11.6 Å². The molecule has 7 nitrogen and oxygen atoms in total. The zero-order valence-corrected chi connectivity index (χ0v) is 13.9. The van der Waals surface area contributed by atoms with Crippen molar-refractivity contribution in [1.29, 1.82) is 0 Å². The normalized spacial score (nSPS) is 10.3. The lowest BCUT2D eigenvalue weighted by Gasteiger charge is -2.03. The summed E-state index contributed by atoms with van der Waals surface area (Å²) in [5, 5.41) is 5.23. The summed E-state index contributed by atoms with van der Waals surface area (Å²) in [7, 11) is 1.52. The minimum atomic E-state index is -0.314. The summed E-state index contributed by atoms with van der Waals surface area (Å²) in [6, 6.07) is 0. The van der Waals surface area contributed by atoms with Crippen LogP contribution in [-0.2, 0) is 4.79 Å². The summed E-state index contributed by atoms with van der Waals surface area (Å²) >= 11 is 0. The first kappa shape index (κ1) is 18.9. The van der Waals surface area contributed by atoms with Crippen LogP contribution in [0, 0.1) is 0 Å². The molecule has 0 atom stereocenters. The van der Waals surface area contributed by atoms with E-state index >= 15 is 0 Å². The van der Waals surface area contributed by atoms with E-state index in [4.69, 9.17) is 0 Å². The Morgan fingerprint density at radius 2 is 1.87 bits per heavy atom. The zero-order chi connectivity index (χ0) is 17.1. The number of hydrogen-bond acceptors (Lipinski definition) is 4. The van der Waals surface area contributed by atoms with Gasteiger partial charge in [0.1, 0.15) is 5.69 Å². The lowest BCUT2D eigenvalue weighted by molar-refractivity contribution is -0.120. The fourth-order valence-electron chi connectivity index (χ4n) is 2.08. The lowest BCUT2D eigenvalue weighted by Crippen LogP contribution is -2.25. The second kappa shape index (κ2) is 10.5. The largest absolute Gasteiger partial charge is 0.359 e. The van der Waals surface area contributed by atoms with Crippen LogP contribution in [0.2, 0.25) is 0 Å². The highest BCUT2D eigenvalue weighted by atomic mass is 16.2. The molecule has 3 N–H and O–H groups in total. The Morgan fingerprint density at radius 3 is 2.57 bits per heavy atom.